The van der Waals surface area contributed by atoms with Crippen LogP contribution in [0.25, 0.3) is 11.1 Å². The first-order chi connectivity index (χ1) is 24.9. The molecule has 2 N–H and O–H groups in total. The molecule has 0 bridgehead atoms. The van der Waals surface area contributed by atoms with Crippen molar-refractivity contribution in [3.8, 4) is 11.5 Å². The predicted molar refractivity (Wildman–Crippen MR) is 198 cm³/mol. The van der Waals surface area contributed by atoms with Crippen LogP contribution in [-0.2, 0) is 13.1 Å². The molecule has 0 radical (unpaired) electrons. The number of nitrogens with zero attached hydrogens (tertiary/aromatic N) is 2. The summed E-state index contributed by atoms with van der Waals surface area (Å²) in [6.07, 6.45) is 4.23. The second kappa shape index (κ2) is 16.3. The van der Waals surface area contributed by atoms with Crippen molar-refractivity contribution in [2.45, 2.75) is 32.9 Å². The Balaban J connectivity index is 1.23. The van der Waals surface area contributed by atoms with Crippen molar-refractivity contribution in [1.82, 2.24) is 19.1 Å². The summed E-state index contributed by atoms with van der Waals surface area (Å²) in [6, 6.07) is 37.9. The van der Waals surface area contributed by atoms with Crippen LogP contribution in [0.5, 0.6) is 11.5 Å². The maximum Gasteiger partial charge on any atom is 0.328 e. The van der Waals surface area contributed by atoms with Crippen LogP contribution in [0.15, 0.2) is 147 Å². The number of aromatic nitrogens is 4. The van der Waals surface area contributed by atoms with Crippen LogP contribution in [-0.4, -0.2) is 32.3 Å². The molecule has 2 heterocycles. The highest BCUT2D eigenvalue weighted by molar-refractivity contribution is 6.04. The van der Waals surface area contributed by atoms with Crippen LogP contribution < -0.4 is 32.0 Å². The Bertz CT molecular complexity index is 2300. The molecule has 4 aromatic carbocycles. The van der Waals surface area contributed by atoms with Crippen LogP contribution >= 0.6 is 0 Å². The van der Waals surface area contributed by atoms with Crippen molar-refractivity contribution in [2.75, 3.05) is 13.2 Å². The van der Waals surface area contributed by atoms with E-state index in [-0.39, 0.29) is 5.56 Å². The van der Waals surface area contributed by atoms with E-state index in [0.717, 1.165) is 33.4 Å². The van der Waals surface area contributed by atoms with Gasteiger partial charge in [-0.2, -0.15) is 0 Å². The molecule has 0 amide bonds. The normalized spacial score (nSPS) is 10.8. The van der Waals surface area contributed by atoms with Crippen molar-refractivity contribution in [3.63, 3.8) is 0 Å². The topological polar surface area (TPSA) is 128 Å². The van der Waals surface area contributed by atoms with E-state index in [1.165, 1.54) is 21.4 Å². The molecule has 0 aliphatic heterocycles. The van der Waals surface area contributed by atoms with E-state index in [4.69, 9.17) is 9.47 Å². The smallest absolute Gasteiger partial charge is 0.328 e. The first-order valence-corrected chi connectivity index (χ1v) is 16.8. The van der Waals surface area contributed by atoms with Crippen LogP contribution in [0.2, 0.25) is 0 Å². The molecule has 2 aromatic heterocycles. The van der Waals surface area contributed by atoms with Gasteiger partial charge < -0.3 is 18.6 Å². The minimum absolute atomic E-state index is 0.372. The number of nitrogens with one attached hydrogen (secondary N) is 2. The summed E-state index contributed by atoms with van der Waals surface area (Å²) in [5.41, 5.74) is 5.09. The van der Waals surface area contributed by atoms with Gasteiger partial charge in [-0.1, -0.05) is 84.9 Å². The monoisotopic (exact) mass is 682 g/mol. The molecule has 0 fully saturated rings. The molecule has 0 unspecified atom stereocenters. The van der Waals surface area contributed by atoms with Gasteiger partial charge in [-0.25, -0.2) is 9.59 Å². The Morgan fingerprint density at radius 3 is 1.49 bits per heavy atom. The Morgan fingerprint density at radius 1 is 0.549 bits per heavy atom. The summed E-state index contributed by atoms with van der Waals surface area (Å²) in [5.74, 6) is 1.41. The van der Waals surface area contributed by atoms with E-state index >= 15 is 0 Å². The Morgan fingerprint density at radius 2 is 1.00 bits per heavy atom. The van der Waals surface area contributed by atoms with Crippen molar-refractivity contribution >= 4 is 11.1 Å². The maximum atomic E-state index is 12.1. The SMILES string of the molecule is Cc1cn(CCCOc2ccc(C(=C(c3ccccc3)c3ccccc3)c3ccc(OCCCn4ccc(=O)[nH]c4=O)cc3)cc2)c(=O)[nH]c1=O. The molecular weight excluding hydrogens is 644 g/mol. The number of rotatable bonds is 14. The Labute approximate surface area is 293 Å². The third kappa shape index (κ3) is 8.79. The Hall–Kier alpha value is -6.42. The lowest BCUT2D eigenvalue weighted by atomic mass is 9.86. The van der Waals surface area contributed by atoms with E-state index in [1.54, 1.807) is 13.1 Å². The molecule has 6 rings (SSSR count). The fourth-order valence-electron chi connectivity index (χ4n) is 5.81. The van der Waals surface area contributed by atoms with Gasteiger partial charge in [-0.15, -0.1) is 0 Å². The fourth-order valence-corrected chi connectivity index (χ4v) is 5.81. The standard InChI is InChI=1S/C41H38N4O6/c1-29-28-45(41(49)43-39(29)47)24-9-27-51-35-20-16-33(17-21-35)38(37(30-10-4-2-5-11-30)31-12-6-3-7-13-31)32-14-18-34(19-15-32)50-26-8-23-44-25-22-36(46)42-40(44)48/h2-7,10-22,25,28H,8-9,23-24,26-27H2,1H3,(H,42,46,48)(H,43,47,49). The summed E-state index contributed by atoms with van der Waals surface area (Å²) in [7, 11) is 0. The van der Waals surface area contributed by atoms with Crippen LogP contribution in [0.4, 0.5) is 0 Å². The molecule has 258 valence electrons. The lowest BCUT2D eigenvalue weighted by Crippen LogP contribution is -2.31. The van der Waals surface area contributed by atoms with E-state index < -0.39 is 16.9 Å². The van der Waals surface area contributed by atoms with E-state index in [0.29, 0.717) is 56.2 Å². The second-order valence-corrected chi connectivity index (χ2v) is 12.0. The van der Waals surface area contributed by atoms with Crippen LogP contribution in [0.3, 0.4) is 0 Å². The molecule has 0 spiro atoms. The molecule has 0 aliphatic carbocycles. The summed E-state index contributed by atoms with van der Waals surface area (Å²) in [5, 5.41) is 0. The first-order valence-electron chi connectivity index (χ1n) is 16.8. The first kappa shape index (κ1) is 34.4. The molecule has 0 saturated heterocycles. The van der Waals surface area contributed by atoms with Gasteiger partial charge in [0.05, 0.1) is 13.2 Å². The number of hydrogen-bond donors (Lipinski definition) is 2. The quantitative estimate of drug-likeness (QED) is 0.113. The Kier molecular flexibility index (Phi) is 11.0. The van der Waals surface area contributed by atoms with Gasteiger partial charge in [0.25, 0.3) is 11.1 Å². The zero-order chi connectivity index (χ0) is 35.6. The number of aromatic amines is 2. The van der Waals surface area contributed by atoms with Gasteiger partial charge in [0, 0.05) is 37.1 Å². The van der Waals surface area contributed by atoms with Crippen LogP contribution in [0, 0.1) is 6.92 Å². The highest BCUT2D eigenvalue weighted by atomic mass is 16.5. The van der Waals surface area contributed by atoms with Crippen LogP contribution in [0.1, 0.15) is 40.7 Å². The molecule has 6 aromatic rings. The fraction of sp³-hybridized carbons (Fsp3) is 0.171. The number of hydrogen-bond acceptors (Lipinski definition) is 6. The molecule has 10 nitrogen and oxygen atoms in total. The van der Waals surface area contributed by atoms with Crippen molar-refractivity contribution < 1.29 is 9.47 Å². The zero-order valence-electron chi connectivity index (χ0n) is 28.2. The van der Waals surface area contributed by atoms with Gasteiger partial charge in [-0.3, -0.25) is 19.6 Å². The molecule has 51 heavy (non-hydrogen) atoms. The summed E-state index contributed by atoms with van der Waals surface area (Å²) in [4.78, 5) is 51.7. The summed E-state index contributed by atoms with van der Waals surface area (Å²) in [6.45, 7) is 3.31. The largest absolute Gasteiger partial charge is 0.494 e. The number of ether oxygens (including phenoxy) is 2. The molecule has 0 saturated carbocycles. The molecule has 0 atom stereocenters. The van der Waals surface area contributed by atoms with Gasteiger partial charge in [0.15, 0.2) is 0 Å². The average molecular weight is 683 g/mol. The van der Waals surface area contributed by atoms with Crippen molar-refractivity contribution in [1.29, 1.82) is 0 Å². The number of H-pyrrole nitrogens is 2. The predicted octanol–water partition coefficient (Wildman–Crippen LogP) is 5.64. The van der Waals surface area contributed by atoms with E-state index in [9.17, 15) is 19.2 Å². The average Bonchev–Trinajstić information content (AvgIpc) is 3.15. The molecule has 10 heteroatoms. The number of aryl methyl sites for hydroxylation is 3. The second-order valence-electron chi connectivity index (χ2n) is 12.0. The lowest BCUT2D eigenvalue weighted by molar-refractivity contribution is 0.300. The zero-order valence-corrected chi connectivity index (χ0v) is 28.2. The minimum Gasteiger partial charge on any atom is -0.494 e. The van der Waals surface area contributed by atoms with Gasteiger partial charge in [0.1, 0.15) is 11.5 Å². The number of benzene rings is 4. The van der Waals surface area contributed by atoms with Gasteiger partial charge in [-0.05, 0) is 77.4 Å². The van der Waals surface area contributed by atoms with E-state index in [2.05, 4.69) is 46.4 Å². The highest BCUT2D eigenvalue weighted by Gasteiger charge is 2.17. The molecular formula is C41H38N4O6. The summed E-state index contributed by atoms with van der Waals surface area (Å²) >= 11 is 0. The summed E-state index contributed by atoms with van der Waals surface area (Å²) < 4.78 is 15.0. The van der Waals surface area contributed by atoms with Crippen molar-refractivity contribution in [2.24, 2.45) is 0 Å². The lowest BCUT2D eigenvalue weighted by Gasteiger charge is -2.19. The van der Waals surface area contributed by atoms with Gasteiger partial charge in [0.2, 0.25) is 0 Å². The maximum absolute atomic E-state index is 12.1. The van der Waals surface area contributed by atoms with Gasteiger partial charge >= 0.3 is 11.4 Å². The van der Waals surface area contributed by atoms with E-state index in [1.807, 2.05) is 72.8 Å². The highest BCUT2D eigenvalue weighted by Crippen LogP contribution is 2.37. The minimum atomic E-state index is -0.436. The third-order valence-corrected chi connectivity index (χ3v) is 8.37. The van der Waals surface area contributed by atoms with Crippen molar-refractivity contribution in [3.05, 3.63) is 197 Å². The third-order valence-electron chi connectivity index (χ3n) is 8.37. The molecule has 0 aliphatic rings.